The Kier molecular flexibility index (Phi) is 2.76. The Morgan fingerprint density at radius 1 is 1.11 bits per heavy atom. The molecule has 1 aromatic carbocycles. The minimum atomic E-state index is -0.448. The molecule has 0 aliphatic carbocycles. The Bertz CT molecular complexity index is 664. The lowest BCUT2D eigenvalue weighted by Crippen LogP contribution is -1.96. The van der Waals surface area contributed by atoms with Gasteiger partial charge in [0, 0.05) is 5.56 Å². The van der Waals surface area contributed by atoms with Crippen LogP contribution in [0, 0.1) is 5.82 Å². The van der Waals surface area contributed by atoms with Gasteiger partial charge in [0.25, 0.3) is 0 Å². The predicted octanol–water partition coefficient (Wildman–Crippen LogP) is 3.40. The topological polar surface area (TPSA) is 39.4 Å². The van der Waals surface area contributed by atoms with E-state index in [9.17, 15) is 9.18 Å². The van der Waals surface area contributed by atoms with Crippen molar-refractivity contribution in [1.82, 2.24) is 0 Å². The summed E-state index contributed by atoms with van der Waals surface area (Å²) in [5, 5.41) is 0. The highest BCUT2D eigenvalue weighted by Crippen LogP contribution is 2.27. The van der Waals surface area contributed by atoms with E-state index in [2.05, 4.69) is 0 Å². The molecule has 0 fully saturated rings. The molecule has 0 amide bonds. The lowest BCUT2D eigenvalue weighted by atomic mass is 10.1. The standard InChI is InChI=1S/C15H9FO3/c16-12-5-3-10(4-6-12)14-9-11(15(17)19-14)8-13-2-1-7-18-13/h1-9H/b11-8+. The highest BCUT2D eigenvalue weighted by molar-refractivity contribution is 6.04. The Balaban J connectivity index is 1.93. The zero-order valence-corrected chi connectivity index (χ0v) is 9.80. The number of esters is 1. The monoisotopic (exact) mass is 256 g/mol. The number of hydrogen-bond donors (Lipinski definition) is 0. The van der Waals surface area contributed by atoms with Gasteiger partial charge >= 0.3 is 5.97 Å². The molecule has 0 atom stereocenters. The summed E-state index contributed by atoms with van der Waals surface area (Å²) in [6, 6.07) is 9.23. The zero-order chi connectivity index (χ0) is 13.2. The third kappa shape index (κ3) is 2.33. The summed E-state index contributed by atoms with van der Waals surface area (Å²) < 4.78 is 23.1. The van der Waals surface area contributed by atoms with Gasteiger partial charge in [-0.05, 0) is 48.6 Å². The molecule has 2 aromatic rings. The first-order chi connectivity index (χ1) is 9.22. The fourth-order valence-corrected chi connectivity index (χ4v) is 1.77. The minimum absolute atomic E-state index is 0.333. The van der Waals surface area contributed by atoms with Gasteiger partial charge < -0.3 is 9.15 Å². The van der Waals surface area contributed by atoms with E-state index in [1.54, 1.807) is 36.4 Å². The molecule has 19 heavy (non-hydrogen) atoms. The smallest absolute Gasteiger partial charge is 0.343 e. The first-order valence-electron chi connectivity index (χ1n) is 5.67. The molecule has 0 unspecified atom stereocenters. The number of ether oxygens (including phenoxy) is 1. The average molecular weight is 256 g/mol. The van der Waals surface area contributed by atoms with Gasteiger partial charge in [-0.2, -0.15) is 0 Å². The molecule has 0 bridgehead atoms. The zero-order valence-electron chi connectivity index (χ0n) is 9.80. The van der Waals surface area contributed by atoms with E-state index in [4.69, 9.17) is 9.15 Å². The lowest BCUT2D eigenvalue weighted by molar-refractivity contribution is -0.130. The molecule has 2 heterocycles. The van der Waals surface area contributed by atoms with Crippen LogP contribution in [0.1, 0.15) is 11.3 Å². The van der Waals surface area contributed by atoms with Gasteiger partial charge in [0.2, 0.25) is 0 Å². The predicted molar refractivity (Wildman–Crippen MR) is 67.2 cm³/mol. The largest absolute Gasteiger partial charge is 0.465 e. The fraction of sp³-hybridized carbons (Fsp3) is 0. The van der Waals surface area contributed by atoms with Gasteiger partial charge in [0.05, 0.1) is 11.8 Å². The molecule has 4 heteroatoms. The van der Waals surface area contributed by atoms with E-state index >= 15 is 0 Å². The molecule has 1 aliphatic rings. The van der Waals surface area contributed by atoms with Crippen LogP contribution in [0.3, 0.4) is 0 Å². The summed E-state index contributed by atoms with van der Waals surface area (Å²) in [6.45, 7) is 0. The van der Waals surface area contributed by atoms with Crippen molar-refractivity contribution in [1.29, 1.82) is 0 Å². The van der Waals surface area contributed by atoms with Crippen molar-refractivity contribution in [2.45, 2.75) is 0 Å². The number of rotatable bonds is 2. The first kappa shape index (κ1) is 11.5. The molecule has 1 aliphatic heterocycles. The van der Waals surface area contributed by atoms with Crippen molar-refractivity contribution in [3.8, 4) is 0 Å². The van der Waals surface area contributed by atoms with Crippen LogP contribution in [-0.4, -0.2) is 5.97 Å². The Labute approximate surface area is 108 Å². The van der Waals surface area contributed by atoms with E-state index < -0.39 is 5.97 Å². The molecule has 0 saturated carbocycles. The van der Waals surface area contributed by atoms with Crippen molar-refractivity contribution in [2.24, 2.45) is 0 Å². The summed E-state index contributed by atoms with van der Waals surface area (Å²) in [6.07, 6.45) is 4.73. The number of furan rings is 1. The summed E-state index contributed by atoms with van der Waals surface area (Å²) in [5.41, 5.74) is 1.05. The lowest BCUT2D eigenvalue weighted by Gasteiger charge is -2.00. The van der Waals surface area contributed by atoms with Crippen LogP contribution in [0.25, 0.3) is 11.8 Å². The van der Waals surface area contributed by atoms with E-state index in [1.807, 2.05) is 0 Å². The summed E-state index contributed by atoms with van der Waals surface area (Å²) >= 11 is 0. The van der Waals surface area contributed by atoms with Crippen molar-refractivity contribution in [3.05, 3.63) is 71.5 Å². The van der Waals surface area contributed by atoms with Crippen molar-refractivity contribution >= 4 is 17.8 Å². The normalized spacial score (nSPS) is 16.6. The first-order valence-corrected chi connectivity index (χ1v) is 5.67. The Morgan fingerprint density at radius 3 is 2.58 bits per heavy atom. The van der Waals surface area contributed by atoms with Gasteiger partial charge in [0.1, 0.15) is 17.3 Å². The number of benzene rings is 1. The molecular weight excluding hydrogens is 247 g/mol. The third-order valence-corrected chi connectivity index (χ3v) is 2.69. The molecular formula is C15H9FO3. The molecule has 3 nitrogen and oxygen atoms in total. The maximum Gasteiger partial charge on any atom is 0.343 e. The third-order valence-electron chi connectivity index (χ3n) is 2.69. The van der Waals surface area contributed by atoms with Gasteiger partial charge in [-0.15, -0.1) is 0 Å². The van der Waals surface area contributed by atoms with Crippen LogP contribution in [0.15, 0.2) is 58.7 Å². The van der Waals surface area contributed by atoms with Crippen LogP contribution in [0.2, 0.25) is 0 Å². The molecule has 3 rings (SSSR count). The van der Waals surface area contributed by atoms with Gasteiger partial charge in [0.15, 0.2) is 0 Å². The summed E-state index contributed by atoms with van der Waals surface area (Å²) in [4.78, 5) is 11.7. The fourth-order valence-electron chi connectivity index (χ4n) is 1.77. The maximum absolute atomic E-state index is 12.8. The quantitative estimate of drug-likeness (QED) is 0.610. The average Bonchev–Trinajstić information content (AvgIpc) is 3.02. The van der Waals surface area contributed by atoms with Crippen LogP contribution < -0.4 is 0 Å². The number of carbonyl (C=O) groups is 1. The summed E-state index contributed by atoms with van der Waals surface area (Å²) in [7, 11) is 0. The Morgan fingerprint density at radius 2 is 1.89 bits per heavy atom. The highest BCUT2D eigenvalue weighted by Gasteiger charge is 2.22. The molecule has 0 saturated heterocycles. The van der Waals surface area contributed by atoms with E-state index in [0.717, 1.165) is 0 Å². The molecule has 0 spiro atoms. The van der Waals surface area contributed by atoms with Crippen molar-refractivity contribution < 1.29 is 18.3 Å². The van der Waals surface area contributed by atoms with E-state index in [1.165, 1.54) is 18.4 Å². The van der Waals surface area contributed by atoms with Gasteiger partial charge in [-0.1, -0.05) is 0 Å². The number of cyclic esters (lactones) is 1. The second-order valence-corrected chi connectivity index (χ2v) is 4.02. The molecule has 1 aromatic heterocycles. The number of halogens is 1. The summed E-state index contributed by atoms with van der Waals surface area (Å²) in [5.74, 6) is 0.196. The van der Waals surface area contributed by atoms with Gasteiger partial charge in [-0.25, -0.2) is 9.18 Å². The Hall–Kier alpha value is -2.62. The SMILES string of the molecule is O=C1OC(c2ccc(F)cc2)=C/C1=C\c1ccco1. The van der Waals surface area contributed by atoms with Crippen LogP contribution in [0.5, 0.6) is 0 Å². The maximum atomic E-state index is 12.8. The molecule has 94 valence electrons. The highest BCUT2D eigenvalue weighted by atomic mass is 19.1. The minimum Gasteiger partial charge on any atom is -0.465 e. The van der Waals surface area contributed by atoms with Crippen LogP contribution in [0.4, 0.5) is 4.39 Å². The number of carbonyl (C=O) groups excluding carboxylic acids is 1. The second-order valence-electron chi connectivity index (χ2n) is 4.02. The van der Waals surface area contributed by atoms with E-state index in [0.29, 0.717) is 22.7 Å². The van der Waals surface area contributed by atoms with Crippen molar-refractivity contribution in [2.75, 3.05) is 0 Å². The number of hydrogen-bond acceptors (Lipinski definition) is 3. The van der Waals surface area contributed by atoms with Crippen LogP contribution >= 0.6 is 0 Å². The van der Waals surface area contributed by atoms with Gasteiger partial charge in [-0.3, -0.25) is 0 Å². The van der Waals surface area contributed by atoms with Crippen molar-refractivity contribution in [3.63, 3.8) is 0 Å². The van der Waals surface area contributed by atoms with Crippen LogP contribution in [-0.2, 0) is 9.53 Å². The van der Waals surface area contributed by atoms with E-state index in [-0.39, 0.29) is 5.82 Å². The molecule has 0 N–H and O–H groups in total. The second kappa shape index (κ2) is 4.57. The molecule has 0 radical (unpaired) electrons.